The largest absolute Gasteiger partial charge is 0.353 e. The molecule has 0 saturated heterocycles. The monoisotopic (exact) mass is 396 g/mol. The maximum atomic E-state index is 12.7. The van der Waals surface area contributed by atoms with Gasteiger partial charge < -0.3 is 4.98 Å². The molecule has 0 aliphatic heterocycles. The summed E-state index contributed by atoms with van der Waals surface area (Å²) in [4.78, 5) is 15.9. The zero-order chi connectivity index (χ0) is 18.2. The van der Waals surface area contributed by atoms with Crippen molar-refractivity contribution in [3.05, 3.63) is 40.2 Å². The molecule has 0 fully saturated rings. The van der Waals surface area contributed by atoms with Gasteiger partial charge in [0.2, 0.25) is 10.0 Å². The van der Waals surface area contributed by atoms with E-state index < -0.39 is 10.0 Å². The van der Waals surface area contributed by atoms with Crippen LogP contribution in [0.1, 0.15) is 24.2 Å². The number of sulfonamides is 1. The summed E-state index contributed by atoms with van der Waals surface area (Å²) in [5, 5.41) is 0.586. The molecule has 0 bridgehead atoms. The van der Waals surface area contributed by atoms with Gasteiger partial charge >= 0.3 is 0 Å². The number of rotatable bonds is 6. The molecular formula is C17H17ClN2O3S2. The highest BCUT2D eigenvalue weighted by atomic mass is 35.5. The molecule has 1 aromatic carbocycles. The molecule has 25 heavy (non-hydrogen) atoms. The van der Waals surface area contributed by atoms with Crippen molar-refractivity contribution in [2.75, 3.05) is 13.1 Å². The Bertz CT molecular complexity index is 1030. The summed E-state index contributed by atoms with van der Waals surface area (Å²) in [6.07, 6.45) is 0.746. The molecule has 8 heteroatoms. The Balaban J connectivity index is 2.20. The minimum Gasteiger partial charge on any atom is -0.353 e. The highest BCUT2D eigenvalue weighted by Gasteiger charge is 2.23. The molecule has 1 N–H and O–H groups in total. The van der Waals surface area contributed by atoms with Crippen molar-refractivity contribution < 1.29 is 13.2 Å². The second-order valence-electron chi connectivity index (χ2n) is 5.43. The van der Waals surface area contributed by atoms with Crippen LogP contribution in [0.3, 0.4) is 0 Å². The lowest BCUT2D eigenvalue weighted by molar-refractivity contribution is 0.112. The van der Waals surface area contributed by atoms with E-state index in [2.05, 4.69) is 4.98 Å². The van der Waals surface area contributed by atoms with E-state index >= 15 is 0 Å². The third-order valence-corrected chi connectivity index (χ3v) is 7.39. The number of nitrogens with one attached hydrogen (secondary N) is 1. The van der Waals surface area contributed by atoms with Crippen LogP contribution in [0.15, 0.2) is 35.2 Å². The van der Waals surface area contributed by atoms with E-state index in [-0.39, 0.29) is 4.90 Å². The lowest BCUT2D eigenvalue weighted by Crippen LogP contribution is -2.30. The Morgan fingerprint density at radius 2 is 1.92 bits per heavy atom. The van der Waals surface area contributed by atoms with Crippen LogP contribution in [-0.4, -0.2) is 37.1 Å². The minimum atomic E-state index is -3.58. The predicted octanol–water partition coefficient (Wildman–Crippen LogP) is 4.39. The van der Waals surface area contributed by atoms with Gasteiger partial charge in [0.05, 0.1) is 19.8 Å². The second kappa shape index (κ2) is 6.92. The highest BCUT2D eigenvalue weighted by Crippen LogP contribution is 2.36. The zero-order valence-corrected chi connectivity index (χ0v) is 16.1. The third-order valence-electron chi connectivity index (χ3n) is 4.09. The van der Waals surface area contributed by atoms with Crippen molar-refractivity contribution in [2.24, 2.45) is 0 Å². The first-order chi connectivity index (χ1) is 11.9. The Morgan fingerprint density at radius 3 is 2.48 bits per heavy atom. The molecule has 132 valence electrons. The number of hydrogen-bond donors (Lipinski definition) is 1. The molecule has 2 aromatic heterocycles. The Hall–Kier alpha value is -1.67. The lowest BCUT2D eigenvalue weighted by Gasteiger charge is -2.18. The number of hydrogen-bond acceptors (Lipinski definition) is 4. The lowest BCUT2D eigenvalue weighted by atomic mass is 10.1. The van der Waals surface area contributed by atoms with Gasteiger partial charge in [-0.05, 0) is 30.3 Å². The topological polar surface area (TPSA) is 70.2 Å². The number of thiophene rings is 1. The van der Waals surface area contributed by atoms with Gasteiger partial charge in [-0.1, -0.05) is 25.4 Å². The molecule has 0 unspecified atom stereocenters. The standard InChI is InChI=1S/C17H17ClN2O3S2/c1-3-20(4-2)25(22,23)11-5-6-14-12(9-11)13(10-21)17(19-14)15-7-8-16(18)24-15/h5-10,19H,3-4H2,1-2H3. The van der Waals surface area contributed by atoms with Crippen LogP contribution >= 0.6 is 22.9 Å². The summed E-state index contributed by atoms with van der Waals surface area (Å²) in [7, 11) is -3.58. The molecule has 3 rings (SSSR count). The van der Waals surface area contributed by atoms with E-state index in [9.17, 15) is 13.2 Å². The number of nitrogens with zero attached hydrogens (tertiary/aromatic N) is 1. The number of aldehydes is 1. The molecule has 0 atom stereocenters. The van der Waals surface area contributed by atoms with Gasteiger partial charge in [-0.15, -0.1) is 11.3 Å². The van der Waals surface area contributed by atoms with Crippen LogP contribution in [0.4, 0.5) is 0 Å². The number of fused-ring (bicyclic) bond motifs is 1. The number of benzene rings is 1. The number of carbonyl (C=O) groups excluding carboxylic acids is 1. The number of H-pyrrole nitrogens is 1. The Kier molecular flexibility index (Phi) is 5.02. The summed E-state index contributed by atoms with van der Waals surface area (Å²) in [6, 6.07) is 8.40. The van der Waals surface area contributed by atoms with Crippen molar-refractivity contribution in [1.82, 2.24) is 9.29 Å². The van der Waals surface area contributed by atoms with Crippen molar-refractivity contribution in [3.63, 3.8) is 0 Å². The van der Waals surface area contributed by atoms with Gasteiger partial charge in [-0.25, -0.2) is 8.42 Å². The molecule has 0 radical (unpaired) electrons. The normalized spacial score (nSPS) is 12.2. The van der Waals surface area contributed by atoms with Crippen LogP contribution in [-0.2, 0) is 10.0 Å². The third kappa shape index (κ3) is 3.13. The fourth-order valence-corrected chi connectivity index (χ4v) is 5.37. The van der Waals surface area contributed by atoms with Crippen molar-refractivity contribution in [1.29, 1.82) is 0 Å². The number of aromatic amines is 1. The van der Waals surface area contributed by atoms with Crippen molar-refractivity contribution in [2.45, 2.75) is 18.7 Å². The summed E-state index contributed by atoms with van der Waals surface area (Å²) in [6.45, 7) is 4.38. The van der Waals surface area contributed by atoms with Gasteiger partial charge in [0.1, 0.15) is 0 Å². The first-order valence-electron chi connectivity index (χ1n) is 7.79. The summed E-state index contributed by atoms with van der Waals surface area (Å²) in [5.74, 6) is 0. The van der Waals surface area contributed by atoms with E-state index in [1.165, 1.54) is 15.6 Å². The molecule has 0 spiro atoms. The molecule has 0 aliphatic carbocycles. The van der Waals surface area contributed by atoms with Gasteiger partial charge in [-0.2, -0.15) is 4.31 Å². The zero-order valence-electron chi connectivity index (χ0n) is 13.7. The molecule has 5 nitrogen and oxygen atoms in total. The van der Waals surface area contributed by atoms with E-state index in [0.717, 1.165) is 11.2 Å². The Labute approximate surface area is 155 Å². The second-order valence-corrected chi connectivity index (χ2v) is 9.09. The highest BCUT2D eigenvalue weighted by molar-refractivity contribution is 7.89. The number of aromatic nitrogens is 1. The first-order valence-corrected chi connectivity index (χ1v) is 10.4. The number of halogens is 1. The van der Waals surface area contributed by atoms with E-state index in [0.29, 0.717) is 39.6 Å². The van der Waals surface area contributed by atoms with Gasteiger partial charge in [-0.3, -0.25) is 4.79 Å². The predicted molar refractivity (Wildman–Crippen MR) is 102 cm³/mol. The maximum absolute atomic E-state index is 12.7. The average molecular weight is 397 g/mol. The van der Waals surface area contributed by atoms with Crippen LogP contribution in [0, 0.1) is 0 Å². The average Bonchev–Trinajstić information content (AvgIpc) is 3.17. The summed E-state index contributed by atoms with van der Waals surface area (Å²) >= 11 is 7.34. The number of carbonyl (C=O) groups is 1. The summed E-state index contributed by atoms with van der Waals surface area (Å²) < 4.78 is 27.5. The maximum Gasteiger partial charge on any atom is 0.243 e. The smallest absolute Gasteiger partial charge is 0.243 e. The van der Waals surface area contributed by atoms with Crippen LogP contribution in [0.25, 0.3) is 21.5 Å². The quantitative estimate of drug-likeness (QED) is 0.628. The van der Waals surface area contributed by atoms with E-state index in [1.54, 1.807) is 38.1 Å². The fourth-order valence-electron chi connectivity index (χ4n) is 2.83. The molecule has 0 amide bonds. The SMILES string of the molecule is CCN(CC)S(=O)(=O)c1ccc2[nH]c(-c3ccc(Cl)s3)c(C=O)c2c1. The molecule has 2 heterocycles. The van der Waals surface area contributed by atoms with Gasteiger partial charge in [0.15, 0.2) is 6.29 Å². The van der Waals surface area contributed by atoms with Crippen LogP contribution < -0.4 is 0 Å². The van der Waals surface area contributed by atoms with Crippen LogP contribution in [0.5, 0.6) is 0 Å². The molecule has 0 saturated carbocycles. The first kappa shape index (κ1) is 18.1. The molecule has 0 aliphatic rings. The Morgan fingerprint density at radius 1 is 1.20 bits per heavy atom. The van der Waals surface area contributed by atoms with E-state index in [1.807, 2.05) is 6.07 Å². The summed E-state index contributed by atoms with van der Waals surface area (Å²) in [5.41, 5.74) is 1.80. The fraction of sp³-hybridized carbons (Fsp3) is 0.235. The van der Waals surface area contributed by atoms with Gasteiger partial charge in [0, 0.05) is 29.6 Å². The molecular weight excluding hydrogens is 380 g/mol. The molecule has 3 aromatic rings. The van der Waals surface area contributed by atoms with Gasteiger partial charge in [0.25, 0.3) is 0 Å². The van der Waals surface area contributed by atoms with Crippen molar-refractivity contribution in [3.8, 4) is 10.6 Å². The van der Waals surface area contributed by atoms with E-state index in [4.69, 9.17) is 11.6 Å². The minimum absolute atomic E-state index is 0.182. The van der Waals surface area contributed by atoms with Crippen LogP contribution in [0.2, 0.25) is 4.34 Å². The van der Waals surface area contributed by atoms with Crippen molar-refractivity contribution >= 4 is 50.2 Å².